The SMILES string of the molecule is CC(C)Oc1ccc(-n2cnc3cc(/C=C\c4ccc(C5(O)CCCCC5)cc4)ccc32)cc1. The molecule has 5 rings (SSSR count). The van der Waals surface area contributed by atoms with Crippen molar-refractivity contribution in [3.05, 3.63) is 89.7 Å². The Morgan fingerprint density at radius 3 is 2.26 bits per heavy atom. The van der Waals surface area contributed by atoms with Crippen molar-refractivity contribution in [1.29, 1.82) is 0 Å². The Balaban J connectivity index is 1.31. The summed E-state index contributed by atoms with van der Waals surface area (Å²) in [6.45, 7) is 4.06. The minimum atomic E-state index is -0.647. The zero-order valence-electron chi connectivity index (χ0n) is 19.9. The second-order valence-electron chi connectivity index (χ2n) is 9.57. The molecule has 4 heteroatoms. The molecule has 0 saturated heterocycles. The van der Waals surface area contributed by atoms with E-state index in [1.165, 1.54) is 6.42 Å². The molecule has 1 aromatic heterocycles. The molecule has 0 atom stereocenters. The lowest BCUT2D eigenvalue weighted by molar-refractivity contribution is -0.000626. The first kappa shape index (κ1) is 22.4. The summed E-state index contributed by atoms with van der Waals surface area (Å²) in [6.07, 6.45) is 11.4. The fourth-order valence-electron chi connectivity index (χ4n) is 4.82. The Kier molecular flexibility index (Phi) is 6.25. The predicted octanol–water partition coefficient (Wildman–Crippen LogP) is 7.13. The molecule has 0 spiro atoms. The minimum Gasteiger partial charge on any atom is -0.491 e. The molecule has 0 aliphatic heterocycles. The highest BCUT2D eigenvalue weighted by Crippen LogP contribution is 2.37. The number of nitrogens with zero attached hydrogens (tertiary/aromatic N) is 2. The van der Waals surface area contributed by atoms with Crippen molar-refractivity contribution in [1.82, 2.24) is 9.55 Å². The predicted molar refractivity (Wildman–Crippen MR) is 139 cm³/mol. The number of benzene rings is 3. The molecule has 3 aromatic carbocycles. The number of aliphatic hydroxyl groups is 1. The average Bonchev–Trinajstić information content (AvgIpc) is 3.27. The summed E-state index contributed by atoms with van der Waals surface area (Å²) in [7, 11) is 0. The van der Waals surface area contributed by atoms with Gasteiger partial charge in [-0.05, 0) is 79.8 Å². The third-order valence-electron chi connectivity index (χ3n) is 6.65. The van der Waals surface area contributed by atoms with Gasteiger partial charge in [0.25, 0.3) is 0 Å². The second-order valence-corrected chi connectivity index (χ2v) is 9.57. The van der Waals surface area contributed by atoms with Crippen LogP contribution in [0.1, 0.15) is 62.6 Å². The average molecular weight is 453 g/mol. The van der Waals surface area contributed by atoms with Gasteiger partial charge in [0.05, 0.1) is 22.7 Å². The maximum absolute atomic E-state index is 10.9. The number of hydrogen-bond donors (Lipinski definition) is 1. The highest BCUT2D eigenvalue weighted by Gasteiger charge is 2.30. The number of aromatic nitrogens is 2. The molecule has 174 valence electrons. The normalized spacial score (nSPS) is 15.9. The molecular weight excluding hydrogens is 420 g/mol. The molecule has 1 fully saturated rings. The van der Waals surface area contributed by atoms with Crippen molar-refractivity contribution < 1.29 is 9.84 Å². The van der Waals surface area contributed by atoms with E-state index < -0.39 is 5.60 Å². The van der Waals surface area contributed by atoms with Crippen LogP contribution in [0.3, 0.4) is 0 Å². The molecule has 1 N–H and O–H groups in total. The van der Waals surface area contributed by atoms with Gasteiger partial charge >= 0.3 is 0 Å². The van der Waals surface area contributed by atoms with Gasteiger partial charge in [-0.25, -0.2) is 4.98 Å². The number of rotatable bonds is 6. The molecule has 1 aliphatic rings. The van der Waals surface area contributed by atoms with Gasteiger partial charge in [0.1, 0.15) is 12.1 Å². The second kappa shape index (κ2) is 9.47. The van der Waals surface area contributed by atoms with Crippen LogP contribution in [0.5, 0.6) is 5.75 Å². The standard InChI is InChI=1S/C30H32N2O2/c1-22(2)34-27-15-13-26(14-16-27)32-21-31-28-20-24(10-17-29(28)32)7-6-23-8-11-25(12-9-23)30(33)18-4-3-5-19-30/h6-17,20-22,33H,3-5,18-19H2,1-2H3/b7-6-. The van der Waals surface area contributed by atoms with Gasteiger partial charge in [-0.3, -0.25) is 4.57 Å². The maximum atomic E-state index is 10.9. The monoisotopic (exact) mass is 452 g/mol. The van der Waals surface area contributed by atoms with Crippen molar-refractivity contribution in [2.45, 2.75) is 57.7 Å². The van der Waals surface area contributed by atoms with Gasteiger partial charge in [-0.1, -0.05) is 61.7 Å². The van der Waals surface area contributed by atoms with E-state index in [-0.39, 0.29) is 6.10 Å². The van der Waals surface area contributed by atoms with Crippen molar-refractivity contribution in [2.75, 3.05) is 0 Å². The summed E-state index contributed by atoms with van der Waals surface area (Å²) < 4.78 is 7.84. The molecule has 0 radical (unpaired) electrons. The first-order chi connectivity index (χ1) is 16.5. The minimum absolute atomic E-state index is 0.160. The fourth-order valence-corrected chi connectivity index (χ4v) is 4.82. The first-order valence-electron chi connectivity index (χ1n) is 12.3. The van der Waals surface area contributed by atoms with E-state index in [4.69, 9.17) is 4.74 Å². The van der Waals surface area contributed by atoms with Gasteiger partial charge < -0.3 is 9.84 Å². The maximum Gasteiger partial charge on any atom is 0.119 e. The molecular formula is C30H32N2O2. The van der Waals surface area contributed by atoms with Crippen LogP contribution in [0.25, 0.3) is 28.9 Å². The summed E-state index contributed by atoms with van der Waals surface area (Å²) >= 11 is 0. The van der Waals surface area contributed by atoms with Crippen molar-refractivity contribution in [3.63, 3.8) is 0 Å². The van der Waals surface area contributed by atoms with E-state index >= 15 is 0 Å². The van der Waals surface area contributed by atoms with Crippen molar-refractivity contribution in [3.8, 4) is 11.4 Å². The lowest BCUT2D eigenvalue weighted by Crippen LogP contribution is -2.28. The number of hydrogen-bond acceptors (Lipinski definition) is 3. The van der Waals surface area contributed by atoms with Gasteiger partial charge in [-0.15, -0.1) is 0 Å². The number of fused-ring (bicyclic) bond motifs is 1. The number of imidazole rings is 1. The summed E-state index contributed by atoms with van der Waals surface area (Å²) in [5.74, 6) is 0.872. The fraction of sp³-hybridized carbons (Fsp3) is 0.300. The van der Waals surface area contributed by atoms with Crippen molar-refractivity contribution in [2.24, 2.45) is 0 Å². The van der Waals surface area contributed by atoms with Gasteiger partial charge in [0.15, 0.2) is 0 Å². The van der Waals surface area contributed by atoms with Crippen LogP contribution in [0.4, 0.5) is 0 Å². The molecule has 0 bridgehead atoms. The smallest absolute Gasteiger partial charge is 0.119 e. The molecule has 0 unspecified atom stereocenters. The molecule has 4 nitrogen and oxygen atoms in total. The zero-order chi connectivity index (χ0) is 23.5. The topological polar surface area (TPSA) is 47.3 Å². The quantitative estimate of drug-likeness (QED) is 0.316. The Labute approximate surface area is 201 Å². The van der Waals surface area contributed by atoms with E-state index in [2.05, 4.69) is 76.3 Å². The number of ether oxygens (including phenoxy) is 1. The van der Waals surface area contributed by atoms with E-state index in [1.807, 2.05) is 32.3 Å². The first-order valence-corrected chi connectivity index (χ1v) is 12.3. The lowest BCUT2D eigenvalue weighted by atomic mass is 9.79. The Bertz CT molecular complexity index is 1280. The third-order valence-corrected chi connectivity index (χ3v) is 6.65. The molecule has 4 aromatic rings. The van der Waals surface area contributed by atoms with E-state index in [0.29, 0.717) is 0 Å². The van der Waals surface area contributed by atoms with Gasteiger partial charge in [0, 0.05) is 5.69 Å². The summed E-state index contributed by atoms with van der Waals surface area (Å²) in [5, 5.41) is 10.9. The third kappa shape index (κ3) is 4.78. The Morgan fingerprint density at radius 1 is 0.882 bits per heavy atom. The van der Waals surface area contributed by atoms with Crippen LogP contribution in [-0.4, -0.2) is 20.8 Å². The van der Waals surface area contributed by atoms with E-state index in [0.717, 1.165) is 64.8 Å². The molecule has 1 aliphatic carbocycles. The van der Waals surface area contributed by atoms with E-state index in [9.17, 15) is 5.11 Å². The van der Waals surface area contributed by atoms with Crippen LogP contribution < -0.4 is 4.74 Å². The molecule has 34 heavy (non-hydrogen) atoms. The Morgan fingerprint density at radius 2 is 1.56 bits per heavy atom. The van der Waals surface area contributed by atoms with E-state index in [1.54, 1.807) is 0 Å². The summed E-state index contributed by atoms with van der Waals surface area (Å²) in [4.78, 5) is 4.62. The van der Waals surface area contributed by atoms with Gasteiger partial charge in [0.2, 0.25) is 0 Å². The molecule has 1 heterocycles. The molecule has 0 amide bonds. The van der Waals surface area contributed by atoms with Crippen LogP contribution >= 0.6 is 0 Å². The largest absolute Gasteiger partial charge is 0.491 e. The van der Waals surface area contributed by atoms with Crippen molar-refractivity contribution >= 4 is 23.2 Å². The Hall–Kier alpha value is -3.37. The summed E-state index contributed by atoms with van der Waals surface area (Å²) in [5.41, 5.74) is 5.71. The lowest BCUT2D eigenvalue weighted by Gasteiger charge is -2.32. The van der Waals surface area contributed by atoms with Crippen LogP contribution in [0.2, 0.25) is 0 Å². The molecule has 1 saturated carbocycles. The summed E-state index contributed by atoms with van der Waals surface area (Å²) in [6, 6.07) is 22.8. The zero-order valence-corrected chi connectivity index (χ0v) is 19.9. The van der Waals surface area contributed by atoms with Crippen LogP contribution in [0, 0.1) is 0 Å². The van der Waals surface area contributed by atoms with Gasteiger partial charge in [-0.2, -0.15) is 0 Å². The highest BCUT2D eigenvalue weighted by atomic mass is 16.5. The van der Waals surface area contributed by atoms with Crippen LogP contribution in [0.15, 0.2) is 73.1 Å². The van der Waals surface area contributed by atoms with Crippen LogP contribution in [-0.2, 0) is 5.60 Å². The highest BCUT2D eigenvalue weighted by molar-refractivity contribution is 5.82.